The van der Waals surface area contributed by atoms with E-state index >= 15 is 0 Å². The lowest BCUT2D eigenvalue weighted by molar-refractivity contribution is 0.940. The first kappa shape index (κ1) is 9.20. The van der Waals surface area contributed by atoms with Crippen LogP contribution >= 0.6 is 31.9 Å². The van der Waals surface area contributed by atoms with Crippen LogP contribution in [-0.4, -0.2) is 9.81 Å². The molecule has 1 unspecified atom stereocenters. The Bertz CT molecular complexity index is 235. The van der Waals surface area contributed by atoms with E-state index in [-0.39, 0.29) is 0 Å². The first-order valence-electron chi connectivity index (χ1n) is 3.43. The first-order chi connectivity index (χ1) is 5.20. The van der Waals surface area contributed by atoms with Crippen molar-refractivity contribution in [2.75, 3.05) is 0 Å². The van der Waals surface area contributed by atoms with Gasteiger partial charge in [-0.2, -0.15) is 0 Å². The van der Waals surface area contributed by atoms with E-state index in [1.165, 1.54) is 5.56 Å². The Hall–Kier alpha value is 0.110. The van der Waals surface area contributed by atoms with E-state index in [1.807, 2.05) is 6.07 Å². The van der Waals surface area contributed by atoms with E-state index in [0.29, 0.717) is 4.83 Å². The van der Waals surface area contributed by atoms with Crippen LogP contribution in [0.4, 0.5) is 0 Å². The SMILES string of the molecule is CC(Br)Cc1cccnc1Br. The van der Waals surface area contributed by atoms with Crippen LogP contribution in [0.2, 0.25) is 0 Å². The minimum absolute atomic E-state index is 0.503. The Labute approximate surface area is 83.5 Å². The van der Waals surface area contributed by atoms with Crippen LogP contribution in [0.5, 0.6) is 0 Å². The number of alkyl halides is 1. The summed E-state index contributed by atoms with van der Waals surface area (Å²) in [6.45, 7) is 2.12. The summed E-state index contributed by atoms with van der Waals surface area (Å²) >= 11 is 6.89. The van der Waals surface area contributed by atoms with Crippen LogP contribution in [-0.2, 0) is 6.42 Å². The normalized spacial score (nSPS) is 13.0. The number of pyridine rings is 1. The van der Waals surface area contributed by atoms with Crippen molar-refractivity contribution in [1.82, 2.24) is 4.98 Å². The maximum absolute atomic E-state index is 4.13. The summed E-state index contributed by atoms with van der Waals surface area (Å²) < 4.78 is 0.950. The average Bonchev–Trinajstić information content (AvgIpc) is 1.93. The molecule has 0 radical (unpaired) electrons. The Balaban J connectivity index is 2.78. The highest BCUT2D eigenvalue weighted by molar-refractivity contribution is 9.10. The molecule has 1 aromatic heterocycles. The zero-order chi connectivity index (χ0) is 8.27. The van der Waals surface area contributed by atoms with E-state index in [1.54, 1.807) is 6.20 Å². The minimum atomic E-state index is 0.503. The summed E-state index contributed by atoms with van der Waals surface area (Å²) in [5.41, 5.74) is 1.25. The van der Waals surface area contributed by atoms with Gasteiger partial charge in [-0.3, -0.25) is 0 Å². The molecule has 0 aliphatic heterocycles. The van der Waals surface area contributed by atoms with Crippen molar-refractivity contribution in [3.8, 4) is 0 Å². The molecule has 1 nitrogen and oxygen atoms in total. The van der Waals surface area contributed by atoms with E-state index in [9.17, 15) is 0 Å². The molecule has 11 heavy (non-hydrogen) atoms. The quantitative estimate of drug-likeness (QED) is 0.598. The van der Waals surface area contributed by atoms with E-state index < -0.39 is 0 Å². The largest absolute Gasteiger partial charge is 0.249 e. The topological polar surface area (TPSA) is 12.9 Å². The molecule has 3 heteroatoms. The van der Waals surface area contributed by atoms with Gasteiger partial charge in [-0.1, -0.05) is 28.9 Å². The molecule has 0 saturated carbocycles. The van der Waals surface area contributed by atoms with Crippen LogP contribution in [0.15, 0.2) is 22.9 Å². The van der Waals surface area contributed by atoms with Gasteiger partial charge in [0.25, 0.3) is 0 Å². The molecule has 1 rings (SSSR count). The van der Waals surface area contributed by atoms with Crippen LogP contribution in [0.1, 0.15) is 12.5 Å². The van der Waals surface area contributed by atoms with Gasteiger partial charge in [0.2, 0.25) is 0 Å². The number of hydrogen-bond acceptors (Lipinski definition) is 1. The first-order valence-corrected chi connectivity index (χ1v) is 5.14. The van der Waals surface area contributed by atoms with E-state index in [4.69, 9.17) is 0 Å². The summed E-state index contributed by atoms with van der Waals surface area (Å²) in [5.74, 6) is 0. The minimum Gasteiger partial charge on any atom is -0.249 e. The second-order valence-electron chi connectivity index (χ2n) is 2.44. The Kier molecular flexibility index (Phi) is 3.52. The average molecular weight is 279 g/mol. The number of hydrogen-bond donors (Lipinski definition) is 0. The summed E-state index contributed by atoms with van der Waals surface area (Å²) in [6, 6.07) is 4.03. The zero-order valence-electron chi connectivity index (χ0n) is 6.22. The Morgan fingerprint density at radius 1 is 1.64 bits per heavy atom. The molecule has 0 aliphatic rings. The third-order valence-corrected chi connectivity index (χ3v) is 2.38. The summed E-state index contributed by atoms with van der Waals surface area (Å²) in [5, 5.41) is 0. The highest BCUT2D eigenvalue weighted by atomic mass is 79.9. The third kappa shape index (κ3) is 2.91. The van der Waals surface area contributed by atoms with Crippen LogP contribution < -0.4 is 0 Å². The molecule has 1 atom stereocenters. The third-order valence-electron chi connectivity index (χ3n) is 1.34. The van der Waals surface area contributed by atoms with Gasteiger partial charge < -0.3 is 0 Å². The molecule has 0 bridgehead atoms. The summed E-state index contributed by atoms with van der Waals surface area (Å²) in [7, 11) is 0. The molecule has 0 aromatic carbocycles. The van der Waals surface area contributed by atoms with Gasteiger partial charge in [-0.25, -0.2) is 4.98 Å². The Morgan fingerprint density at radius 2 is 2.36 bits per heavy atom. The number of halogens is 2. The maximum Gasteiger partial charge on any atom is 0.109 e. The van der Waals surface area contributed by atoms with Gasteiger partial charge in [0.05, 0.1) is 0 Å². The zero-order valence-corrected chi connectivity index (χ0v) is 9.39. The van der Waals surface area contributed by atoms with Crippen molar-refractivity contribution in [2.24, 2.45) is 0 Å². The fourth-order valence-electron chi connectivity index (χ4n) is 0.875. The molecule has 0 amide bonds. The molecular weight excluding hydrogens is 270 g/mol. The van der Waals surface area contributed by atoms with Gasteiger partial charge in [0.15, 0.2) is 0 Å². The monoisotopic (exact) mass is 277 g/mol. The van der Waals surface area contributed by atoms with Gasteiger partial charge in [-0.15, -0.1) is 0 Å². The van der Waals surface area contributed by atoms with Crippen LogP contribution in [0, 0.1) is 0 Å². The van der Waals surface area contributed by atoms with E-state index in [2.05, 4.69) is 49.8 Å². The van der Waals surface area contributed by atoms with E-state index in [0.717, 1.165) is 11.0 Å². The van der Waals surface area contributed by atoms with Gasteiger partial charge in [-0.05, 0) is 34.0 Å². The summed E-state index contributed by atoms with van der Waals surface area (Å²) in [4.78, 5) is 4.63. The van der Waals surface area contributed by atoms with Crippen molar-refractivity contribution in [1.29, 1.82) is 0 Å². The van der Waals surface area contributed by atoms with Gasteiger partial charge in [0, 0.05) is 11.0 Å². The van der Waals surface area contributed by atoms with Gasteiger partial charge in [0.1, 0.15) is 4.60 Å². The predicted molar refractivity (Wildman–Crippen MR) is 54.0 cm³/mol. The lowest BCUT2D eigenvalue weighted by Crippen LogP contribution is -1.97. The van der Waals surface area contributed by atoms with Crippen molar-refractivity contribution >= 4 is 31.9 Å². The molecule has 60 valence electrons. The second kappa shape index (κ2) is 4.21. The fourth-order valence-corrected chi connectivity index (χ4v) is 1.64. The Morgan fingerprint density at radius 3 is 2.91 bits per heavy atom. The lowest BCUT2D eigenvalue weighted by Gasteiger charge is -2.03. The second-order valence-corrected chi connectivity index (χ2v) is 4.75. The van der Waals surface area contributed by atoms with Crippen molar-refractivity contribution in [3.05, 3.63) is 28.5 Å². The molecule has 1 aromatic rings. The molecule has 0 saturated heterocycles. The number of aromatic nitrogens is 1. The number of rotatable bonds is 2. The lowest BCUT2D eigenvalue weighted by atomic mass is 10.2. The highest BCUT2D eigenvalue weighted by Gasteiger charge is 2.02. The van der Waals surface area contributed by atoms with Crippen molar-refractivity contribution < 1.29 is 0 Å². The molecule has 0 N–H and O–H groups in total. The molecule has 0 fully saturated rings. The fraction of sp³-hybridized carbons (Fsp3) is 0.375. The predicted octanol–water partition coefficient (Wildman–Crippen LogP) is 3.17. The van der Waals surface area contributed by atoms with Crippen LogP contribution in [0.3, 0.4) is 0 Å². The highest BCUT2D eigenvalue weighted by Crippen LogP contribution is 2.16. The van der Waals surface area contributed by atoms with Crippen molar-refractivity contribution in [2.45, 2.75) is 18.2 Å². The summed E-state index contributed by atoms with van der Waals surface area (Å²) in [6.07, 6.45) is 2.79. The smallest absolute Gasteiger partial charge is 0.109 e. The standard InChI is InChI=1S/C8H9Br2N/c1-6(9)5-7-3-2-4-11-8(7)10/h2-4,6H,5H2,1H3. The molecule has 0 spiro atoms. The maximum atomic E-state index is 4.13. The van der Waals surface area contributed by atoms with Gasteiger partial charge >= 0.3 is 0 Å². The molecular formula is C8H9Br2N. The molecule has 0 aliphatic carbocycles. The number of nitrogens with zero attached hydrogens (tertiary/aromatic N) is 1. The van der Waals surface area contributed by atoms with Crippen molar-refractivity contribution in [3.63, 3.8) is 0 Å². The van der Waals surface area contributed by atoms with Crippen LogP contribution in [0.25, 0.3) is 0 Å². The molecule has 1 heterocycles.